The van der Waals surface area contributed by atoms with Crippen LogP contribution in [0, 0.1) is 18.7 Å². The van der Waals surface area contributed by atoms with Gasteiger partial charge in [-0.15, -0.1) is 0 Å². The number of nitrogens with one attached hydrogen (secondary N) is 1. The fourth-order valence-electron chi connectivity index (χ4n) is 3.14. The minimum absolute atomic E-state index is 0.0826. The molecular formula is C21H22FNO3. The Morgan fingerprint density at radius 3 is 2.42 bits per heavy atom. The van der Waals surface area contributed by atoms with E-state index in [-0.39, 0.29) is 36.0 Å². The first kappa shape index (κ1) is 18.1. The van der Waals surface area contributed by atoms with Crippen LogP contribution in [0.1, 0.15) is 41.5 Å². The molecule has 1 amide bonds. The smallest absolute Gasteiger partial charge is 0.307 e. The average molecular weight is 355 g/mol. The molecule has 26 heavy (non-hydrogen) atoms. The minimum Gasteiger partial charge on any atom is -0.469 e. The molecule has 2 aromatic rings. The molecule has 0 heterocycles. The van der Waals surface area contributed by atoms with Gasteiger partial charge in [0.2, 0.25) is 5.91 Å². The van der Waals surface area contributed by atoms with Crippen molar-refractivity contribution in [3.05, 3.63) is 71.0 Å². The van der Waals surface area contributed by atoms with E-state index < -0.39 is 6.04 Å². The van der Waals surface area contributed by atoms with Crippen LogP contribution in [0.5, 0.6) is 0 Å². The van der Waals surface area contributed by atoms with Crippen LogP contribution >= 0.6 is 0 Å². The summed E-state index contributed by atoms with van der Waals surface area (Å²) in [4.78, 5) is 24.4. The maximum absolute atomic E-state index is 13.0. The zero-order chi connectivity index (χ0) is 18.7. The van der Waals surface area contributed by atoms with Crippen LogP contribution in [0.4, 0.5) is 4.39 Å². The van der Waals surface area contributed by atoms with E-state index in [1.54, 1.807) is 12.1 Å². The lowest BCUT2D eigenvalue weighted by Crippen LogP contribution is -2.32. The Morgan fingerprint density at radius 1 is 1.15 bits per heavy atom. The lowest BCUT2D eigenvalue weighted by molar-refractivity contribution is -0.141. The highest BCUT2D eigenvalue weighted by Gasteiger charge is 2.44. The second-order valence-corrected chi connectivity index (χ2v) is 6.75. The SMILES string of the molecule is COC(=O)CC(NC(=O)C1CC1c1ccc(F)cc1)c1ccc(C)cc1. The third-order valence-electron chi connectivity index (χ3n) is 4.82. The molecule has 1 aliphatic rings. The van der Waals surface area contributed by atoms with Crippen molar-refractivity contribution in [3.63, 3.8) is 0 Å². The molecule has 1 aliphatic carbocycles. The Morgan fingerprint density at radius 2 is 1.81 bits per heavy atom. The summed E-state index contributed by atoms with van der Waals surface area (Å²) in [6.07, 6.45) is 0.815. The van der Waals surface area contributed by atoms with Gasteiger partial charge in [0.15, 0.2) is 0 Å². The Hall–Kier alpha value is -2.69. The first-order chi connectivity index (χ1) is 12.5. The molecule has 0 aromatic heterocycles. The fourth-order valence-corrected chi connectivity index (χ4v) is 3.14. The van der Waals surface area contributed by atoms with Crippen LogP contribution in [-0.4, -0.2) is 19.0 Å². The number of aryl methyl sites for hydroxylation is 1. The summed E-state index contributed by atoms with van der Waals surface area (Å²) >= 11 is 0. The van der Waals surface area contributed by atoms with Crippen LogP contribution in [0.2, 0.25) is 0 Å². The highest BCUT2D eigenvalue weighted by atomic mass is 19.1. The topological polar surface area (TPSA) is 55.4 Å². The lowest BCUT2D eigenvalue weighted by Gasteiger charge is -2.18. The number of esters is 1. The molecule has 1 saturated carbocycles. The van der Waals surface area contributed by atoms with Crippen LogP contribution in [-0.2, 0) is 14.3 Å². The molecule has 2 aromatic carbocycles. The number of rotatable bonds is 6. The number of hydrogen-bond acceptors (Lipinski definition) is 3. The molecule has 0 aliphatic heterocycles. The largest absolute Gasteiger partial charge is 0.469 e. The number of methoxy groups -OCH3 is 1. The molecule has 1 fully saturated rings. The van der Waals surface area contributed by atoms with Gasteiger partial charge in [-0.05, 0) is 42.5 Å². The van der Waals surface area contributed by atoms with Crippen molar-refractivity contribution in [2.75, 3.05) is 7.11 Å². The van der Waals surface area contributed by atoms with Crippen LogP contribution in [0.15, 0.2) is 48.5 Å². The Balaban J connectivity index is 1.68. The normalized spacial score (nSPS) is 19.5. The van der Waals surface area contributed by atoms with Gasteiger partial charge in [0.1, 0.15) is 5.82 Å². The second-order valence-electron chi connectivity index (χ2n) is 6.75. The number of hydrogen-bond donors (Lipinski definition) is 1. The van der Waals surface area contributed by atoms with E-state index in [4.69, 9.17) is 4.74 Å². The molecule has 1 N–H and O–H groups in total. The highest BCUT2D eigenvalue weighted by molar-refractivity contribution is 5.84. The number of carbonyl (C=O) groups is 2. The zero-order valence-electron chi connectivity index (χ0n) is 14.9. The quantitative estimate of drug-likeness (QED) is 0.805. The molecule has 0 saturated heterocycles. The zero-order valence-corrected chi connectivity index (χ0v) is 14.9. The van der Waals surface area contributed by atoms with E-state index in [0.717, 1.165) is 23.1 Å². The number of amides is 1. The number of ether oxygens (including phenoxy) is 1. The van der Waals surface area contributed by atoms with E-state index in [2.05, 4.69) is 5.32 Å². The van der Waals surface area contributed by atoms with E-state index in [1.165, 1.54) is 19.2 Å². The van der Waals surface area contributed by atoms with E-state index >= 15 is 0 Å². The standard InChI is InChI=1S/C21H22FNO3/c1-13-3-5-15(6-4-13)19(12-20(24)26-2)23-21(25)18-11-17(18)14-7-9-16(22)10-8-14/h3-10,17-19H,11-12H2,1-2H3,(H,23,25). The first-order valence-corrected chi connectivity index (χ1v) is 8.67. The molecule has 3 rings (SSSR count). The summed E-state index contributed by atoms with van der Waals surface area (Å²) < 4.78 is 17.8. The van der Waals surface area contributed by atoms with Crippen LogP contribution in [0.25, 0.3) is 0 Å². The number of carbonyl (C=O) groups excluding carboxylic acids is 2. The predicted octanol–water partition coefficient (Wildman–Crippen LogP) is 3.66. The van der Waals surface area contributed by atoms with Crippen molar-refractivity contribution in [1.29, 1.82) is 0 Å². The summed E-state index contributed by atoms with van der Waals surface area (Å²) in [5.41, 5.74) is 2.94. The highest BCUT2D eigenvalue weighted by Crippen LogP contribution is 2.47. The van der Waals surface area contributed by atoms with Gasteiger partial charge in [0, 0.05) is 5.92 Å². The molecule has 3 unspecified atom stereocenters. The van der Waals surface area contributed by atoms with Gasteiger partial charge in [-0.3, -0.25) is 9.59 Å². The molecule has 5 heteroatoms. The summed E-state index contributed by atoms with van der Waals surface area (Å²) in [7, 11) is 1.34. The van der Waals surface area contributed by atoms with Crippen LogP contribution < -0.4 is 5.32 Å². The van der Waals surface area contributed by atoms with Gasteiger partial charge in [-0.2, -0.15) is 0 Å². The van der Waals surface area contributed by atoms with E-state index in [9.17, 15) is 14.0 Å². The van der Waals surface area contributed by atoms with Crippen molar-refractivity contribution in [1.82, 2.24) is 5.32 Å². The monoisotopic (exact) mass is 355 g/mol. The third kappa shape index (κ3) is 4.28. The summed E-state index contributed by atoms with van der Waals surface area (Å²) in [6.45, 7) is 1.98. The Labute approximate surface area is 152 Å². The second kappa shape index (κ2) is 7.68. The van der Waals surface area contributed by atoms with Crippen molar-refractivity contribution in [2.45, 2.75) is 31.7 Å². The summed E-state index contributed by atoms with van der Waals surface area (Å²) in [5.74, 6) is -0.790. The number of benzene rings is 2. The van der Waals surface area contributed by atoms with E-state index in [0.29, 0.717) is 0 Å². The fraction of sp³-hybridized carbons (Fsp3) is 0.333. The summed E-state index contributed by atoms with van der Waals surface area (Å²) in [6, 6.07) is 13.6. The van der Waals surface area contributed by atoms with Crippen molar-refractivity contribution >= 4 is 11.9 Å². The molecule has 4 nitrogen and oxygen atoms in total. The molecule has 0 spiro atoms. The van der Waals surface area contributed by atoms with Crippen LogP contribution in [0.3, 0.4) is 0 Å². The van der Waals surface area contributed by atoms with Gasteiger partial charge in [-0.1, -0.05) is 42.0 Å². The maximum Gasteiger partial charge on any atom is 0.307 e. The van der Waals surface area contributed by atoms with Gasteiger partial charge in [-0.25, -0.2) is 4.39 Å². The molecule has 3 atom stereocenters. The van der Waals surface area contributed by atoms with Crippen molar-refractivity contribution < 1.29 is 18.7 Å². The molecular weight excluding hydrogens is 333 g/mol. The van der Waals surface area contributed by atoms with Crippen molar-refractivity contribution in [3.8, 4) is 0 Å². The Bertz CT molecular complexity index is 786. The van der Waals surface area contributed by atoms with Gasteiger partial charge in [0.25, 0.3) is 0 Å². The van der Waals surface area contributed by atoms with Gasteiger partial charge in [0.05, 0.1) is 19.6 Å². The first-order valence-electron chi connectivity index (χ1n) is 8.67. The maximum atomic E-state index is 13.0. The molecule has 0 radical (unpaired) electrons. The summed E-state index contributed by atoms with van der Waals surface area (Å²) in [5, 5.41) is 2.98. The average Bonchev–Trinajstić information content (AvgIpc) is 3.43. The van der Waals surface area contributed by atoms with Gasteiger partial charge < -0.3 is 10.1 Å². The Kier molecular flexibility index (Phi) is 5.35. The molecule has 0 bridgehead atoms. The lowest BCUT2D eigenvalue weighted by atomic mass is 10.0. The van der Waals surface area contributed by atoms with E-state index in [1.807, 2.05) is 31.2 Å². The molecule has 136 valence electrons. The predicted molar refractivity (Wildman–Crippen MR) is 95.9 cm³/mol. The minimum atomic E-state index is -0.426. The third-order valence-corrected chi connectivity index (χ3v) is 4.82. The van der Waals surface area contributed by atoms with Gasteiger partial charge >= 0.3 is 5.97 Å². The van der Waals surface area contributed by atoms with Crippen molar-refractivity contribution in [2.24, 2.45) is 5.92 Å². The number of halogens is 1.